The van der Waals surface area contributed by atoms with Crippen LogP contribution in [0.2, 0.25) is 5.02 Å². The van der Waals surface area contributed by atoms with Crippen LogP contribution in [0, 0.1) is 5.41 Å². The van der Waals surface area contributed by atoms with Crippen molar-refractivity contribution in [3.05, 3.63) is 58.6 Å². The Morgan fingerprint density at radius 2 is 1.88 bits per heavy atom. The van der Waals surface area contributed by atoms with E-state index < -0.39 is 0 Å². The topological polar surface area (TPSA) is 49.3 Å². The second-order valence-electron chi connectivity index (χ2n) is 10.4. The summed E-state index contributed by atoms with van der Waals surface area (Å²) in [7, 11) is 0. The summed E-state index contributed by atoms with van der Waals surface area (Å²) >= 11 is 6.15. The molecule has 1 amide bonds. The maximum atomic E-state index is 13.8. The van der Waals surface area contributed by atoms with Crippen LogP contribution in [-0.4, -0.2) is 51.4 Å². The molecule has 1 aliphatic carbocycles. The fourth-order valence-electron chi connectivity index (χ4n) is 6.05. The van der Waals surface area contributed by atoms with Gasteiger partial charge >= 0.3 is 0 Å². The summed E-state index contributed by atoms with van der Waals surface area (Å²) < 4.78 is 0. The van der Waals surface area contributed by atoms with Gasteiger partial charge in [-0.1, -0.05) is 43.5 Å². The van der Waals surface area contributed by atoms with E-state index in [4.69, 9.17) is 16.6 Å². The first kappa shape index (κ1) is 22.8. The lowest BCUT2D eigenvalue weighted by Crippen LogP contribution is -2.50. The molecule has 2 aliphatic heterocycles. The molecule has 5 nitrogen and oxygen atoms in total. The minimum atomic E-state index is -0.260. The molecule has 176 valence electrons. The van der Waals surface area contributed by atoms with E-state index >= 15 is 0 Å². The van der Waals surface area contributed by atoms with Gasteiger partial charge in [0.15, 0.2) is 0 Å². The Kier molecular flexibility index (Phi) is 6.71. The summed E-state index contributed by atoms with van der Waals surface area (Å²) in [5.41, 5.74) is 2.70. The van der Waals surface area contributed by atoms with Gasteiger partial charge in [0.25, 0.3) is 0 Å². The van der Waals surface area contributed by atoms with Crippen LogP contribution in [-0.2, 0) is 11.2 Å². The first-order chi connectivity index (χ1) is 16.0. The molecule has 2 aromatic rings. The van der Waals surface area contributed by atoms with E-state index in [1.165, 1.54) is 25.7 Å². The molecule has 1 atom stereocenters. The molecule has 6 heteroatoms. The van der Waals surface area contributed by atoms with Crippen LogP contribution in [0.1, 0.15) is 81.3 Å². The molecule has 0 spiro atoms. The lowest BCUT2D eigenvalue weighted by atomic mass is 9.78. The van der Waals surface area contributed by atoms with E-state index in [2.05, 4.69) is 27.8 Å². The Morgan fingerprint density at radius 3 is 2.64 bits per heavy atom. The fourth-order valence-corrected chi connectivity index (χ4v) is 6.27. The van der Waals surface area contributed by atoms with Gasteiger partial charge in [0.2, 0.25) is 5.91 Å². The van der Waals surface area contributed by atoms with Gasteiger partial charge in [-0.25, -0.2) is 0 Å². The summed E-state index contributed by atoms with van der Waals surface area (Å²) in [5, 5.41) is 0.733. The van der Waals surface area contributed by atoms with Gasteiger partial charge in [-0.3, -0.25) is 14.8 Å². The fraction of sp³-hybridized carbons (Fsp3) is 0.593. The number of nitrogens with zero attached hydrogens (tertiary/aromatic N) is 4. The monoisotopic (exact) mass is 466 g/mol. The van der Waals surface area contributed by atoms with Crippen molar-refractivity contribution in [3.63, 3.8) is 0 Å². The van der Waals surface area contributed by atoms with Crippen LogP contribution in [0.3, 0.4) is 0 Å². The third kappa shape index (κ3) is 4.95. The average Bonchev–Trinajstić information content (AvgIpc) is 3.52. The van der Waals surface area contributed by atoms with Crippen molar-refractivity contribution >= 4 is 17.5 Å². The largest absolute Gasteiger partial charge is 0.334 e. The zero-order valence-corrected chi connectivity index (χ0v) is 20.4. The number of carbonyl (C=O) groups excluding carboxylic acids is 1. The Balaban J connectivity index is 1.27. The third-order valence-corrected chi connectivity index (χ3v) is 8.33. The lowest BCUT2D eigenvalue weighted by molar-refractivity contribution is -0.145. The Bertz CT molecular complexity index is 982. The first-order valence-electron chi connectivity index (χ1n) is 12.6. The van der Waals surface area contributed by atoms with E-state index in [0.717, 1.165) is 73.3 Å². The number of benzene rings is 1. The Morgan fingerprint density at radius 1 is 1.09 bits per heavy atom. The van der Waals surface area contributed by atoms with Crippen LogP contribution in [0.4, 0.5) is 0 Å². The Hall–Kier alpha value is -1.98. The molecular weight excluding hydrogens is 432 g/mol. The molecule has 0 N–H and O–H groups in total. The molecule has 2 saturated heterocycles. The maximum absolute atomic E-state index is 13.8. The highest BCUT2D eigenvalue weighted by atomic mass is 35.5. The first-order valence-corrected chi connectivity index (χ1v) is 13.0. The number of hydrogen-bond acceptors (Lipinski definition) is 4. The molecule has 1 aromatic heterocycles. The number of carbonyl (C=O) groups is 1. The van der Waals surface area contributed by atoms with E-state index in [1.807, 2.05) is 30.6 Å². The standard InChI is InChI=1S/C27H35ClN4O/c1-27(11-14-31(15-12-27)23-8-2-3-9-23)26(33)32-13-5-10-25(32)24-19-29-18-22(30-24)17-20-6-4-7-21(28)16-20/h4,6-7,16,18-19,23,25H,2-3,5,8-15,17H2,1H3/t25-/m0/s1. The van der Waals surface area contributed by atoms with Crippen molar-refractivity contribution in [2.45, 2.75) is 76.8 Å². The molecule has 1 saturated carbocycles. The molecular formula is C27H35ClN4O. The van der Waals surface area contributed by atoms with Crippen LogP contribution in [0.15, 0.2) is 36.7 Å². The van der Waals surface area contributed by atoms with Gasteiger partial charge in [0.1, 0.15) is 0 Å². The van der Waals surface area contributed by atoms with Gasteiger partial charge in [0.05, 0.1) is 23.6 Å². The molecule has 1 aromatic carbocycles. The van der Waals surface area contributed by atoms with Gasteiger partial charge in [-0.2, -0.15) is 0 Å². The summed E-state index contributed by atoms with van der Waals surface area (Å²) in [6.45, 7) is 5.13. The molecule has 3 aliphatic rings. The number of piperidine rings is 1. The van der Waals surface area contributed by atoms with Crippen molar-refractivity contribution in [1.82, 2.24) is 19.8 Å². The predicted octanol–water partition coefficient (Wildman–Crippen LogP) is 5.43. The molecule has 3 heterocycles. The maximum Gasteiger partial charge on any atom is 0.229 e. The summed E-state index contributed by atoms with van der Waals surface area (Å²) in [4.78, 5) is 28.0. The van der Waals surface area contributed by atoms with Crippen molar-refractivity contribution in [2.75, 3.05) is 19.6 Å². The number of hydrogen-bond donors (Lipinski definition) is 0. The SMILES string of the molecule is CC1(C(=O)N2CCC[C@H]2c2cncc(Cc3cccc(Cl)c3)n2)CCN(C2CCCC2)CC1. The molecule has 0 unspecified atom stereocenters. The van der Waals surface area contributed by atoms with Gasteiger partial charge in [0, 0.05) is 35.6 Å². The highest BCUT2D eigenvalue weighted by molar-refractivity contribution is 6.30. The lowest BCUT2D eigenvalue weighted by Gasteiger charge is -2.43. The minimum Gasteiger partial charge on any atom is -0.334 e. The van der Waals surface area contributed by atoms with Gasteiger partial charge in [-0.15, -0.1) is 0 Å². The van der Waals surface area contributed by atoms with Crippen molar-refractivity contribution in [1.29, 1.82) is 0 Å². The highest BCUT2D eigenvalue weighted by Crippen LogP contribution is 2.40. The quantitative estimate of drug-likeness (QED) is 0.589. The van der Waals surface area contributed by atoms with Gasteiger partial charge < -0.3 is 9.80 Å². The summed E-state index contributed by atoms with van der Waals surface area (Å²) in [5.74, 6) is 0.318. The highest BCUT2D eigenvalue weighted by Gasteiger charge is 2.44. The van der Waals surface area contributed by atoms with Crippen LogP contribution in [0.5, 0.6) is 0 Å². The second kappa shape index (κ2) is 9.71. The van der Waals surface area contributed by atoms with E-state index in [1.54, 1.807) is 0 Å². The van der Waals surface area contributed by atoms with E-state index in [9.17, 15) is 4.79 Å². The number of halogens is 1. The number of rotatable bonds is 5. The normalized spacial score (nSPS) is 23.8. The summed E-state index contributed by atoms with van der Waals surface area (Å²) in [6, 6.07) is 8.67. The molecule has 33 heavy (non-hydrogen) atoms. The van der Waals surface area contributed by atoms with Crippen molar-refractivity contribution in [2.24, 2.45) is 5.41 Å². The number of amides is 1. The number of aromatic nitrogens is 2. The molecule has 5 rings (SSSR count). The van der Waals surface area contributed by atoms with E-state index in [-0.39, 0.29) is 11.5 Å². The number of likely N-dealkylation sites (tertiary alicyclic amines) is 2. The van der Waals surface area contributed by atoms with Crippen molar-refractivity contribution in [3.8, 4) is 0 Å². The van der Waals surface area contributed by atoms with Gasteiger partial charge in [-0.05, 0) is 69.3 Å². The minimum absolute atomic E-state index is 0.0361. The van der Waals surface area contributed by atoms with Crippen LogP contribution in [0.25, 0.3) is 0 Å². The Labute approximate surface area is 202 Å². The van der Waals surface area contributed by atoms with Crippen LogP contribution < -0.4 is 0 Å². The second-order valence-corrected chi connectivity index (χ2v) is 10.9. The van der Waals surface area contributed by atoms with Crippen LogP contribution >= 0.6 is 11.6 Å². The smallest absolute Gasteiger partial charge is 0.229 e. The zero-order valence-electron chi connectivity index (χ0n) is 19.7. The van der Waals surface area contributed by atoms with E-state index in [0.29, 0.717) is 12.3 Å². The van der Waals surface area contributed by atoms with Crippen molar-refractivity contribution < 1.29 is 4.79 Å². The molecule has 0 radical (unpaired) electrons. The predicted molar refractivity (Wildman–Crippen MR) is 131 cm³/mol. The molecule has 3 fully saturated rings. The average molecular weight is 467 g/mol. The third-order valence-electron chi connectivity index (χ3n) is 8.09. The molecule has 0 bridgehead atoms. The summed E-state index contributed by atoms with van der Waals surface area (Å²) in [6.07, 6.45) is 13.7. The zero-order chi connectivity index (χ0) is 22.8.